The molecule has 2 unspecified atom stereocenters. The number of alkyl halides is 1. The number of nitrogens with one attached hydrogen (secondary N) is 2. The Balaban J connectivity index is 1.33. The topological polar surface area (TPSA) is 100 Å². The molecule has 2 atom stereocenters. The molecule has 0 aliphatic rings. The number of esters is 1. The van der Waals surface area contributed by atoms with Crippen LogP contribution >= 0.6 is 0 Å². The number of aryl methyl sites for hydroxylation is 1. The number of hydrogen-bond acceptors (Lipinski definition) is 5. The second-order valence-electron chi connectivity index (χ2n) is 8.79. The highest BCUT2D eigenvalue weighted by Crippen LogP contribution is 2.32. The molecule has 2 aromatic heterocycles. The van der Waals surface area contributed by atoms with E-state index < -0.39 is 18.2 Å². The third kappa shape index (κ3) is 5.10. The summed E-state index contributed by atoms with van der Waals surface area (Å²) < 4.78 is 24.6. The van der Waals surface area contributed by atoms with Crippen molar-refractivity contribution in [3.63, 3.8) is 0 Å². The zero-order valence-corrected chi connectivity index (χ0v) is 20.4. The average Bonchev–Trinajstić information content (AvgIpc) is 3.60. The highest BCUT2D eigenvalue weighted by Gasteiger charge is 2.20. The van der Waals surface area contributed by atoms with Gasteiger partial charge in [-0.2, -0.15) is 0 Å². The van der Waals surface area contributed by atoms with E-state index in [1.165, 1.54) is 0 Å². The number of H-pyrrole nitrogens is 2. The standard InChI is InChI=1S/C29H26FN3O4/c1-17-22-11-12-31-24(22)9-10-26(17)37-21-8-4-7-20(15-21)28-32-16-25(33-28)27(34)19-6-3-5-18(13-19)14-23(30)29(35)36-2/h3-13,15-16,23,27,31,34H,14H2,1-2H3,(H,32,33). The lowest BCUT2D eigenvalue weighted by molar-refractivity contribution is -0.146. The molecule has 7 nitrogen and oxygen atoms in total. The molecule has 0 aliphatic carbocycles. The predicted molar refractivity (Wildman–Crippen MR) is 138 cm³/mol. The van der Waals surface area contributed by atoms with Crippen LogP contribution in [0.25, 0.3) is 22.3 Å². The summed E-state index contributed by atoms with van der Waals surface area (Å²) in [6, 6.07) is 20.3. The molecule has 188 valence electrons. The number of nitrogens with zero attached hydrogens (tertiary/aromatic N) is 1. The molecule has 0 aliphatic heterocycles. The number of carbonyl (C=O) groups excluding carboxylic acids is 1. The van der Waals surface area contributed by atoms with E-state index >= 15 is 0 Å². The van der Waals surface area contributed by atoms with Crippen LogP contribution in [-0.2, 0) is 16.0 Å². The number of aromatic nitrogens is 3. The third-order valence-electron chi connectivity index (χ3n) is 6.32. The second-order valence-corrected chi connectivity index (χ2v) is 8.79. The molecule has 0 radical (unpaired) electrons. The number of ether oxygens (including phenoxy) is 2. The molecule has 8 heteroatoms. The fourth-order valence-electron chi connectivity index (χ4n) is 4.32. The van der Waals surface area contributed by atoms with Crippen LogP contribution in [-0.4, -0.2) is 39.3 Å². The number of fused-ring (bicyclic) bond motifs is 1. The normalized spacial score (nSPS) is 12.9. The van der Waals surface area contributed by atoms with Crippen LogP contribution in [0.5, 0.6) is 11.5 Å². The number of hydrogen-bond donors (Lipinski definition) is 3. The van der Waals surface area contributed by atoms with E-state index in [4.69, 9.17) is 4.74 Å². The minimum atomic E-state index is -1.76. The fourth-order valence-corrected chi connectivity index (χ4v) is 4.32. The van der Waals surface area contributed by atoms with Crippen molar-refractivity contribution >= 4 is 16.9 Å². The number of benzene rings is 3. The summed E-state index contributed by atoms with van der Waals surface area (Å²) in [6.45, 7) is 2.02. The van der Waals surface area contributed by atoms with E-state index in [0.717, 1.165) is 34.9 Å². The third-order valence-corrected chi connectivity index (χ3v) is 6.32. The number of halogens is 1. The highest BCUT2D eigenvalue weighted by molar-refractivity contribution is 5.85. The molecule has 5 aromatic rings. The van der Waals surface area contributed by atoms with Gasteiger partial charge in [-0.3, -0.25) is 0 Å². The Bertz CT molecular complexity index is 1560. The summed E-state index contributed by atoms with van der Waals surface area (Å²) in [4.78, 5) is 22.2. The molecule has 0 saturated carbocycles. The quantitative estimate of drug-likeness (QED) is 0.235. The zero-order chi connectivity index (χ0) is 25.9. The molecule has 37 heavy (non-hydrogen) atoms. The van der Waals surface area contributed by atoms with E-state index in [2.05, 4.69) is 19.7 Å². The molecule has 0 amide bonds. The maximum atomic E-state index is 14.0. The Hall–Kier alpha value is -4.43. The monoisotopic (exact) mass is 499 g/mol. The van der Waals surface area contributed by atoms with Gasteiger partial charge in [0.1, 0.15) is 23.4 Å². The number of imidazole rings is 1. The Kier molecular flexibility index (Phi) is 6.74. The van der Waals surface area contributed by atoms with Crippen molar-refractivity contribution in [1.29, 1.82) is 0 Å². The maximum absolute atomic E-state index is 14.0. The van der Waals surface area contributed by atoms with E-state index in [9.17, 15) is 14.3 Å². The van der Waals surface area contributed by atoms with Gasteiger partial charge in [0.05, 0.1) is 19.0 Å². The Labute approximate surface area is 212 Å². The molecular formula is C29H26FN3O4. The molecule has 3 N–H and O–H groups in total. The lowest BCUT2D eigenvalue weighted by Crippen LogP contribution is -2.19. The largest absolute Gasteiger partial charge is 0.467 e. The summed E-state index contributed by atoms with van der Waals surface area (Å²) >= 11 is 0. The molecule has 0 spiro atoms. The van der Waals surface area contributed by atoms with E-state index in [1.54, 1.807) is 30.5 Å². The number of rotatable bonds is 8. The van der Waals surface area contributed by atoms with Crippen LogP contribution in [0.4, 0.5) is 4.39 Å². The number of aromatic amines is 2. The zero-order valence-electron chi connectivity index (χ0n) is 20.4. The minimum Gasteiger partial charge on any atom is -0.467 e. The van der Waals surface area contributed by atoms with Crippen molar-refractivity contribution in [3.8, 4) is 22.9 Å². The molecule has 5 rings (SSSR count). The van der Waals surface area contributed by atoms with Gasteiger partial charge in [-0.15, -0.1) is 0 Å². The smallest absolute Gasteiger partial charge is 0.340 e. The second kappa shape index (κ2) is 10.3. The van der Waals surface area contributed by atoms with Crippen LogP contribution < -0.4 is 4.74 Å². The summed E-state index contributed by atoms with van der Waals surface area (Å²) in [5.74, 6) is 1.08. The molecule has 3 aromatic carbocycles. The minimum absolute atomic E-state index is 0.134. The van der Waals surface area contributed by atoms with Gasteiger partial charge >= 0.3 is 5.97 Å². The molecule has 0 bridgehead atoms. The summed E-state index contributed by atoms with van der Waals surface area (Å²) in [5.41, 5.74) is 4.50. The van der Waals surface area contributed by atoms with Crippen molar-refractivity contribution in [2.45, 2.75) is 25.6 Å². The summed E-state index contributed by atoms with van der Waals surface area (Å²) in [5, 5.41) is 12.0. The highest BCUT2D eigenvalue weighted by atomic mass is 19.1. The van der Waals surface area contributed by atoms with Gasteiger partial charge in [-0.05, 0) is 48.4 Å². The van der Waals surface area contributed by atoms with E-state index in [1.807, 2.05) is 55.6 Å². The summed E-state index contributed by atoms with van der Waals surface area (Å²) in [6.07, 6.45) is 0.565. The van der Waals surface area contributed by atoms with Gasteiger partial charge in [0.25, 0.3) is 0 Å². The number of aliphatic hydroxyl groups is 1. The SMILES string of the molecule is COC(=O)C(F)Cc1cccc(C(O)c2cnc(-c3cccc(Oc4ccc5[nH]ccc5c4C)c3)[nH]2)c1. The molecule has 0 saturated heterocycles. The molecule has 2 heterocycles. The van der Waals surface area contributed by atoms with Gasteiger partial charge in [0.15, 0.2) is 0 Å². The van der Waals surface area contributed by atoms with Crippen molar-refractivity contribution in [3.05, 3.63) is 102 Å². The van der Waals surface area contributed by atoms with Gasteiger partial charge in [-0.1, -0.05) is 36.4 Å². The molecular weight excluding hydrogens is 473 g/mol. The van der Waals surface area contributed by atoms with Gasteiger partial charge < -0.3 is 24.5 Å². The van der Waals surface area contributed by atoms with Crippen molar-refractivity contribution in [1.82, 2.24) is 15.0 Å². The van der Waals surface area contributed by atoms with Crippen molar-refractivity contribution in [2.75, 3.05) is 7.11 Å². The van der Waals surface area contributed by atoms with Crippen LogP contribution in [0.2, 0.25) is 0 Å². The number of aliphatic hydroxyl groups excluding tert-OH is 1. The maximum Gasteiger partial charge on any atom is 0.340 e. The van der Waals surface area contributed by atoms with E-state index in [-0.39, 0.29) is 6.42 Å². The molecule has 0 fully saturated rings. The Morgan fingerprint density at radius 3 is 2.78 bits per heavy atom. The van der Waals surface area contributed by atoms with Gasteiger partial charge in [-0.25, -0.2) is 14.2 Å². The average molecular weight is 500 g/mol. The summed E-state index contributed by atoms with van der Waals surface area (Å²) in [7, 11) is 1.15. The van der Waals surface area contributed by atoms with Crippen LogP contribution in [0.1, 0.15) is 28.5 Å². The lowest BCUT2D eigenvalue weighted by atomic mass is 10.0. The van der Waals surface area contributed by atoms with Crippen molar-refractivity contribution in [2.24, 2.45) is 0 Å². The predicted octanol–water partition coefficient (Wildman–Crippen LogP) is 5.79. The van der Waals surface area contributed by atoms with Gasteiger partial charge in [0, 0.05) is 34.6 Å². The number of methoxy groups -OCH3 is 1. The fraction of sp³-hybridized carbons (Fsp3) is 0.172. The van der Waals surface area contributed by atoms with Crippen LogP contribution in [0.3, 0.4) is 0 Å². The number of carbonyl (C=O) groups is 1. The van der Waals surface area contributed by atoms with Crippen LogP contribution in [0.15, 0.2) is 79.1 Å². The Morgan fingerprint density at radius 2 is 1.95 bits per heavy atom. The first-order chi connectivity index (χ1) is 17.9. The van der Waals surface area contributed by atoms with E-state index in [0.29, 0.717) is 28.4 Å². The van der Waals surface area contributed by atoms with Crippen LogP contribution in [0, 0.1) is 6.92 Å². The van der Waals surface area contributed by atoms with Crippen molar-refractivity contribution < 1.29 is 23.8 Å². The Morgan fingerprint density at radius 1 is 1.11 bits per heavy atom. The van der Waals surface area contributed by atoms with Gasteiger partial charge in [0.2, 0.25) is 6.17 Å². The first-order valence-corrected chi connectivity index (χ1v) is 11.8. The first-order valence-electron chi connectivity index (χ1n) is 11.8. The lowest BCUT2D eigenvalue weighted by Gasteiger charge is -2.12. The first kappa shape index (κ1) is 24.3.